The van der Waals surface area contributed by atoms with Gasteiger partial charge in [0.25, 0.3) is 5.56 Å². The lowest BCUT2D eigenvalue weighted by molar-refractivity contribution is 0.0300. The lowest BCUT2D eigenvalue weighted by Gasteiger charge is -2.16. The molecular weight excluding hydrogens is 358 g/mol. The molecule has 1 atom stereocenters. The number of H-pyrrole nitrogens is 1. The highest BCUT2D eigenvalue weighted by Gasteiger charge is 2.30. The van der Waals surface area contributed by atoms with Gasteiger partial charge in [0, 0.05) is 21.8 Å². The average Bonchev–Trinajstić information content (AvgIpc) is 2.96. The van der Waals surface area contributed by atoms with Crippen molar-refractivity contribution in [2.45, 2.75) is 25.4 Å². The monoisotopic (exact) mass is 373 g/mol. The van der Waals surface area contributed by atoms with Crippen molar-refractivity contribution in [3.05, 3.63) is 80.2 Å². The molecular formula is C18H16BrNO3. The first kappa shape index (κ1) is 15.7. The maximum Gasteiger partial charge on any atom is 0.338 e. The van der Waals surface area contributed by atoms with Gasteiger partial charge in [0.2, 0.25) is 0 Å². The van der Waals surface area contributed by atoms with E-state index in [4.69, 9.17) is 4.74 Å². The SMILES string of the molecule is C=CCc1c[nH]c(=O)c2c1C(OC(=O)c1ccc(Br)cc1)CC2. The Balaban J connectivity index is 1.88. The first-order valence-electron chi connectivity index (χ1n) is 7.41. The second-order valence-electron chi connectivity index (χ2n) is 5.47. The first-order chi connectivity index (χ1) is 11.1. The molecule has 1 heterocycles. The molecule has 4 nitrogen and oxygen atoms in total. The van der Waals surface area contributed by atoms with Crippen molar-refractivity contribution in [3.8, 4) is 0 Å². The summed E-state index contributed by atoms with van der Waals surface area (Å²) in [6.07, 6.45) is 4.97. The molecule has 1 aliphatic carbocycles. The molecule has 0 bridgehead atoms. The Labute approximate surface area is 142 Å². The van der Waals surface area contributed by atoms with Crippen LogP contribution in [0.25, 0.3) is 0 Å². The van der Waals surface area contributed by atoms with Crippen LogP contribution in [0.5, 0.6) is 0 Å². The highest BCUT2D eigenvalue weighted by atomic mass is 79.9. The van der Waals surface area contributed by atoms with E-state index in [0.717, 1.165) is 21.2 Å². The van der Waals surface area contributed by atoms with Crippen LogP contribution in [0.2, 0.25) is 0 Å². The van der Waals surface area contributed by atoms with Crippen molar-refractivity contribution >= 4 is 21.9 Å². The van der Waals surface area contributed by atoms with Gasteiger partial charge < -0.3 is 9.72 Å². The number of carbonyl (C=O) groups is 1. The van der Waals surface area contributed by atoms with E-state index in [1.54, 1.807) is 36.5 Å². The van der Waals surface area contributed by atoms with Crippen LogP contribution in [-0.4, -0.2) is 11.0 Å². The van der Waals surface area contributed by atoms with Crippen molar-refractivity contribution in [1.29, 1.82) is 0 Å². The number of rotatable bonds is 4. The standard InChI is InChI=1S/C18H16BrNO3/c1-2-3-12-10-20-17(21)14-8-9-15(16(12)14)23-18(22)11-4-6-13(19)7-5-11/h2,4-7,10,15H,1,3,8-9H2,(H,20,21). The van der Waals surface area contributed by atoms with Gasteiger partial charge in [0.05, 0.1) is 5.56 Å². The summed E-state index contributed by atoms with van der Waals surface area (Å²) >= 11 is 3.34. The summed E-state index contributed by atoms with van der Waals surface area (Å²) in [5.74, 6) is -0.375. The predicted octanol–water partition coefficient (Wildman–Crippen LogP) is 3.71. The van der Waals surface area contributed by atoms with Crippen molar-refractivity contribution in [3.63, 3.8) is 0 Å². The second-order valence-corrected chi connectivity index (χ2v) is 6.38. The molecule has 1 unspecified atom stereocenters. The minimum atomic E-state index is -0.376. The molecule has 3 rings (SSSR count). The third-order valence-corrected chi connectivity index (χ3v) is 4.52. The Morgan fingerprint density at radius 1 is 1.39 bits per heavy atom. The van der Waals surface area contributed by atoms with Gasteiger partial charge in [-0.2, -0.15) is 0 Å². The number of carbonyl (C=O) groups excluding carboxylic acids is 1. The fourth-order valence-electron chi connectivity index (χ4n) is 2.93. The van der Waals surface area contributed by atoms with Gasteiger partial charge in [-0.25, -0.2) is 4.79 Å². The third kappa shape index (κ3) is 3.15. The topological polar surface area (TPSA) is 59.2 Å². The number of aromatic amines is 1. The lowest BCUT2D eigenvalue weighted by Crippen LogP contribution is -2.16. The molecule has 0 saturated heterocycles. The van der Waals surface area contributed by atoms with Crippen molar-refractivity contribution in [2.75, 3.05) is 0 Å². The maximum absolute atomic E-state index is 12.3. The molecule has 23 heavy (non-hydrogen) atoms. The lowest BCUT2D eigenvalue weighted by atomic mass is 10.0. The van der Waals surface area contributed by atoms with E-state index in [2.05, 4.69) is 27.5 Å². The van der Waals surface area contributed by atoms with E-state index in [9.17, 15) is 9.59 Å². The van der Waals surface area contributed by atoms with Gasteiger partial charge in [0.1, 0.15) is 6.10 Å². The van der Waals surface area contributed by atoms with Gasteiger partial charge in [-0.15, -0.1) is 6.58 Å². The molecule has 118 valence electrons. The molecule has 0 aliphatic heterocycles. The molecule has 2 aromatic rings. The fraction of sp³-hybridized carbons (Fsp3) is 0.222. The Morgan fingerprint density at radius 3 is 2.83 bits per heavy atom. The number of pyridine rings is 1. The summed E-state index contributed by atoms with van der Waals surface area (Å²) in [5.41, 5.74) is 2.92. The van der Waals surface area contributed by atoms with E-state index in [1.165, 1.54) is 0 Å². The van der Waals surface area contributed by atoms with Gasteiger partial charge in [-0.3, -0.25) is 4.79 Å². The minimum absolute atomic E-state index is 0.102. The number of halogens is 1. The second kappa shape index (κ2) is 6.54. The van der Waals surface area contributed by atoms with Crippen LogP contribution in [0, 0.1) is 0 Å². The molecule has 1 aliphatic rings. The van der Waals surface area contributed by atoms with Crippen LogP contribution in [0.1, 0.15) is 39.6 Å². The molecule has 1 N–H and O–H groups in total. The number of esters is 1. The van der Waals surface area contributed by atoms with Gasteiger partial charge in [-0.1, -0.05) is 22.0 Å². The highest BCUT2D eigenvalue weighted by Crippen LogP contribution is 2.35. The summed E-state index contributed by atoms with van der Waals surface area (Å²) < 4.78 is 6.57. The molecule has 0 spiro atoms. The Hall–Kier alpha value is -2.14. The number of aromatic nitrogens is 1. The smallest absolute Gasteiger partial charge is 0.338 e. The number of fused-ring (bicyclic) bond motifs is 1. The largest absolute Gasteiger partial charge is 0.454 e. The van der Waals surface area contributed by atoms with Crippen molar-refractivity contribution in [2.24, 2.45) is 0 Å². The summed E-state index contributed by atoms with van der Waals surface area (Å²) in [6, 6.07) is 7.02. The van der Waals surface area contributed by atoms with Crippen molar-refractivity contribution < 1.29 is 9.53 Å². The van der Waals surface area contributed by atoms with E-state index in [-0.39, 0.29) is 17.6 Å². The number of ether oxygens (including phenoxy) is 1. The predicted molar refractivity (Wildman–Crippen MR) is 91.6 cm³/mol. The maximum atomic E-state index is 12.3. The Morgan fingerprint density at radius 2 is 2.13 bits per heavy atom. The van der Waals surface area contributed by atoms with E-state index in [1.807, 2.05) is 0 Å². The zero-order valence-electron chi connectivity index (χ0n) is 12.5. The molecule has 5 heteroatoms. The summed E-state index contributed by atoms with van der Waals surface area (Å²) in [7, 11) is 0. The van der Waals surface area contributed by atoms with E-state index < -0.39 is 0 Å². The average molecular weight is 374 g/mol. The van der Waals surface area contributed by atoms with Crippen LogP contribution in [0.3, 0.4) is 0 Å². The fourth-order valence-corrected chi connectivity index (χ4v) is 3.19. The van der Waals surface area contributed by atoms with Crippen LogP contribution < -0.4 is 5.56 Å². The molecule has 0 amide bonds. The number of allylic oxidation sites excluding steroid dienone is 1. The summed E-state index contributed by atoms with van der Waals surface area (Å²) in [6.45, 7) is 3.74. The van der Waals surface area contributed by atoms with E-state index >= 15 is 0 Å². The molecule has 1 aromatic carbocycles. The van der Waals surface area contributed by atoms with Crippen LogP contribution in [0.15, 0.2) is 52.4 Å². The van der Waals surface area contributed by atoms with Crippen LogP contribution >= 0.6 is 15.9 Å². The van der Waals surface area contributed by atoms with Gasteiger partial charge in [0.15, 0.2) is 0 Å². The van der Waals surface area contributed by atoms with Crippen LogP contribution in [-0.2, 0) is 17.6 Å². The van der Waals surface area contributed by atoms with Crippen molar-refractivity contribution in [1.82, 2.24) is 4.98 Å². The molecule has 0 radical (unpaired) electrons. The van der Waals surface area contributed by atoms with Crippen LogP contribution in [0.4, 0.5) is 0 Å². The molecule has 0 fully saturated rings. The molecule has 1 aromatic heterocycles. The number of benzene rings is 1. The molecule has 0 saturated carbocycles. The highest BCUT2D eigenvalue weighted by molar-refractivity contribution is 9.10. The third-order valence-electron chi connectivity index (χ3n) is 3.99. The number of nitrogens with one attached hydrogen (secondary N) is 1. The number of hydrogen-bond acceptors (Lipinski definition) is 3. The Kier molecular flexibility index (Phi) is 4.48. The minimum Gasteiger partial charge on any atom is -0.454 e. The summed E-state index contributed by atoms with van der Waals surface area (Å²) in [5, 5.41) is 0. The Bertz CT molecular complexity index is 808. The number of hydrogen-bond donors (Lipinski definition) is 1. The summed E-state index contributed by atoms with van der Waals surface area (Å²) in [4.78, 5) is 27.1. The van der Waals surface area contributed by atoms with Gasteiger partial charge in [-0.05, 0) is 49.1 Å². The zero-order valence-corrected chi connectivity index (χ0v) is 14.1. The quantitative estimate of drug-likeness (QED) is 0.656. The van der Waals surface area contributed by atoms with E-state index in [0.29, 0.717) is 24.8 Å². The normalized spacial score (nSPS) is 16.0. The zero-order chi connectivity index (χ0) is 16.4. The van der Waals surface area contributed by atoms with Gasteiger partial charge >= 0.3 is 5.97 Å². The first-order valence-corrected chi connectivity index (χ1v) is 8.20.